The van der Waals surface area contributed by atoms with Gasteiger partial charge in [-0.2, -0.15) is 0 Å². The second-order valence-corrected chi connectivity index (χ2v) is 5.27. The van der Waals surface area contributed by atoms with E-state index in [9.17, 15) is 13.6 Å². The third-order valence-corrected chi connectivity index (χ3v) is 4.04. The van der Waals surface area contributed by atoms with Crippen LogP contribution in [0.15, 0.2) is 18.2 Å². The summed E-state index contributed by atoms with van der Waals surface area (Å²) in [5.74, 6) is -2.13. The maximum Gasteiger partial charge on any atom is 0.254 e. The Morgan fingerprint density at radius 3 is 2.35 bits per heavy atom. The van der Waals surface area contributed by atoms with E-state index >= 15 is 0 Å². The van der Waals surface area contributed by atoms with Crippen molar-refractivity contribution in [2.75, 3.05) is 39.3 Å². The summed E-state index contributed by atoms with van der Waals surface area (Å²) in [5.41, 5.74) is 0.211. The van der Waals surface area contributed by atoms with Gasteiger partial charge in [0.05, 0.1) is 0 Å². The Hall–Kier alpha value is -1.53. The third kappa shape index (κ3) is 2.53. The molecule has 2 heterocycles. The number of amides is 1. The molecule has 2 aliphatic heterocycles. The standard InChI is InChI=1S/C14H17F2N3O/c15-12-2-1-10(7-13(12)16)14(20)19-5-3-18(4-6-19)11-8-17-9-11/h1-2,7,11,17H,3-6,8-9H2. The molecule has 0 spiro atoms. The van der Waals surface area contributed by atoms with E-state index in [1.165, 1.54) is 6.07 Å². The van der Waals surface area contributed by atoms with E-state index < -0.39 is 11.6 Å². The molecule has 2 fully saturated rings. The summed E-state index contributed by atoms with van der Waals surface area (Å²) in [4.78, 5) is 16.3. The number of carbonyl (C=O) groups is 1. The molecular weight excluding hydrogens is 264 g/mol. The second-order valence-electron chi connectivity index (χ2n) is 5.27. The molecule has 0 aromatic heterocycles. The molecule has 1 N–H and O–H groups in total. The van der Waals surface area contributed by atoms with Crippen molar-refractivity contribution in [3.63, 3.8) is 0 Å². The molecule has 108 valence electrons. The smallest absolute Gasteiger partial charge is 0.254 e. The van der Waals surface area contributed by atoms with Gasteiger partial charge in [-0.25, -0.2) is 8.78 Å². The molecule has 1 amide bonds. The molecule has 0 unspecified atom stereocenters. The number of carbonyl (C=O) groups excluding carboxylic acids is 1. The van der Waals surface area contributed by atoms with Gasteiger partial charge in [-0.15, -0.1) is 0 Å². The zero-order valence-electron chi connectivity index (χ0n) is 11.1. The summed E-state index contributed by atoms with van der Waals surface area (Å²) in [6.07, 6.45) is 0. The van der Waals surface area contributed by atoms with Gasteiger partial charge < -0.3 is 10.2 Å². The molecule has 2 aliphatic rings. The van der Waals surface area contributed by atoms with Crippen LogP contribution in [0.5, 0.6) is 0 Å². The van der Waals surface area contributed by atoms with Gasteiger partial charge in [-0.1, -0.05) is 0 Å². The fraction of sp³-hybridized carbons (Fsp3) is 0.500. The lowest BCUT2D eigenvalue weighted by molar-refractivity contribution is 0.0501. The minimum absolute atomic E-state index is 0.211. The fourth-order valence-electron chi connectivity index (χ4n) is 2.63. The third-order valence-electron chi connectivity index (χ3n) is 4.04. The van der Waals surface area contributed by atoms with Crippen molar-refractivity contribution >= 4 is 5.91 Å². The zero-order valence-corrected chi connectivity index (χ0v) is 11.1. The van der Waals surface area contributed by atoms with Crippen molar-refractivity contribution in [2.24, 2.45) is 0 Å². The Kier molecular flexibility index (Phi) is 3.67. The number of nitrogens with one attached hydrogen (secondary N) is 1. The largest absolute Gasteiger partial charge is 0.336 e. The molecule has 0 saturated carbocycles. The summed E-state index contributed by atoms with van der Waals surface area (Å²) in [7, 11) is 0. The number of piperazine rings is 1. The van der Waals surface area contributed by atoms with Crippen LogP contribution in [0.4, 0.5) is 8.78 Å². The normalized spacial score (nSPS) is 20.8. The van der Waals surface area contributed by atoms with Gasteiger partial charge in [-0.05, 0) is 18.2 Å². The van der Waals surface area contributed by atoms with Crippen LogP contribution in [0.25, 0.3) is 0 Å². The van der Waals surface area contributed by atoms with Gasteiger partial charge in [0.1, 0.15) is 0 Å². The number of halogens is 2. The molecule has 0 bridgehead atoms. The van der Waals surface area contributed by atoms with E-state index in [4.69, 9.17) is 0 Å². The summed E-state index contributed by atoms with van der Waals surface area (Å²) in [6, 6.07) is 3.89. The first-order valence-electron chi connectivity index (χ1n) is 6.84. The number of rotatable bonds is 2. The summed E-state index contributed by atoms with van der Waals surface area (Å²) >= 11 is 0. The number of nitrogens with zero attached hydrogens (tertiary/aromatic N) is 2. The van der Waals surface area contributed by atoms with Crippen molar-refractivity contribution in [3.05, 3.63) is 35.4 Å². The van der Waals surface area contributed by atoms with Gasteiger partial charge in [0.2, 0.25) is 0 Å². The molecule has 2 saturated heterocycles. The summed E-state index contributed by atoms with van der Waals surface area (Å²) in [6.45, 7) is 4.96. The van der Waals surface area contributed by atoms with Crippen LogP contribution in [0.1, 0.15) is 10.4 Å². The first-order chi connectivity index (χ1) is 9.65. The molecule has 0 aliphatic carbocycles. The SMILES string of the molecule is O=C(c1ccc(F)c(F)c1)N1CCN(C2CNC2)CC1. The lowest BCUT2D eigenvalue weighted by Crippen LogP contribution is -2.62. The van der Waals surface area contributed by atoms with Gasteiger partial charge in [0, 0.05) is 50.9 Å². The van der Waals surface area contributed by atoms with Crippen LogP contribution in [0, 0.1) is 11.6 Å². The Morgan fingerprint density at radius 1 is 1.10 bits per heavy atom. The van der Waals surface area contributed by atoms with Gasteiger partial charge in [0.25, 0.3) is 5.91 Å². The highest BCUT2D eigenvalue weighted by molar-refractivity contribution is 5.94. The molecule has 1 aromatic rings. The highest BCUT2D eigenvalue weighted by Crippen LogP contribution is 2.14. The predicted molar refractivity (Wildman–Crippen MR) is 70.5 cm³/mol. The van der Waals surface area contributed by atoms with Crippen molar-refractivity contribution < 1.29 is 13.6 Å². The van der Waals surface area contributed by atoms with E-state index in [-0.39, 0.29) is 11.5 Å². The number of hydrogen-bond donors (Lipinski definition) is 1. The minimum Gasteiger partial charge on any atom is -0.336 e. The van der Waals surface area contributed by atoms with Crippen LogP contribution in [-0.2, 0) is 0 Å². The number of benzene rings is 1. The van der Waals surface area contributed by atoms with Crippen LogP contribution in [0.3, 0.4) is 0 Å². The maximum absolute atomic E-state index is 13.2. The van der Waals surface area contributed by atoms with E-state index in [0.29, 0.717) is 19.1 Å². The lowest BCUT2D eigenvalue weighted by Gasteiger charge is -2.43. The topological polar surface area (TPSA) is 35.6 Å². The average molecular weight is 281 g/mol. The minimum atomic E-state index is -0.977. The Bertz CT molecular complexity index is 511. The molecular formula is C14H17F2N3O. The summed E-state index contributed by atoms with van der Waals surface area (Å²) in [5, 5.41) is 3.23. The van der Waals surface area contributed by atoms with Gasteiger partial charge >= 0.3 is 0 Å². The Labute approximate surface area is 116 Å². The van der Waals surface area contributed by atoms with Crippen LogP contribution < -0.4 is 5.32 Å². The fourth-order valence-corrected chi connectivity index (χ4v) is 2.63. The summed E-state index contributed by atoms with van der Waals surface area (Å²) < 4.78 is 26.0. The van der Waals surface area contributed by atoms with E-state index in [1.807, 2.05) is 0 Å². The molecule has 3 rings (SSSR count). The van der Waals surface area contributed by atoms with Crippen molar-refractivity contribution in [2.45, 2.75) is 6.04 Å². The Balaban J connectivity index is 1.62. The van der Waals surface area contributed by atoms with Crippen molar-refractivity contribution in [1.29, 1.82) is 0 Å². The quantitative estimate of drug-likeness (QED) is 0.866. The van der Waals surface area contributed by atoms with Crippen LogP contribution in [-0.4, -0.2) is 61.0 Å². The van der Waals surface area contributed by atoms with Crippen LogP contribution >= 0.6 is 0 Å². The van der Waals surface area contributed by atoms with Gasteiger partial charge in [0.15, 0.2) is 11.6 Å². The molecule has 4 nitrogen and oxygen atoms in total. The van der Waals surface area contributed by atoms with E-state index in [0.717, 1.165) is 38.3 Å². The number of hydrogen-bond acceptors (Lipinski definition) is 3. The maximum atomic E-state index is 13.2. The highest BCUT2D eigenvalue weighted by Gasteiger charge is 2.29. The molecule has 20 heavy (non-hydrogen) atoms. The van der Waals surface area contributed by atoms with Gasteiger partial charge in [-0.3, -0.25) is 9.69 Å². The molecule has 0 atom stereocenters. The molecule has 1 aromatic carbocycles. The van der Waals surface area contributed by atoms with Crippen molar-refractivity contribution in [1.82, 2.24) is 15.1 Å². The van der Waals surface area contributed by atoms with Crippen molar-refractivity contribution in [3.8, 4) is 0 Å². The molecule has 0 radical (unpaired) electrons. The van der Waals surface area contributed by atoms with E-state index in [1.54, 1.807) is 4.90 Å². The van der Waals surface area contributed by atoms with Crippen LogP contribution in [0.2, 0.25) is 0 Å². The first kappa shape index (κ1) is 13.5. The first-order valence-corrected chi connectivity index (χ1v) is 6.84. The zero-order chi connectivity index (χ0) is 14.1. The highest BCUT2D eigenvalue weighted by atomic mass is 19.2. The average Bonchev–Trinajstić information content (AvgIpc) is 2.40. The van der Waals surface area contributed by atoms with E-state index in [2.05, 4.69) is 10.2 Å². The lowest BCUT2D eigenvalue weighted by atomic mass is 10.1. The second kappa shape index (κ2) is 5.46. The Morgan fingerprint density at radius 2 is 1.80 bits per heavy atom. The monoisotopic (exact) mass is 281 g/mol. The molecule has 6 heteroatoms. The predicted octanol–water partition coefficient (Wildman–Crippen LogP) is 0.694.